The van der Waals surface area contributed by atoms with Crippen LogP contribution >= 0.6 is 11.3 Å². The summed E-state index contributed by atoms with van der Waals surface area (Å²) >= 11 is 1.80. The number of halogens is 1. The summed E-state index contributed by atoms with van der Waals surface area (Å²) in [6.45, 7) is 4.25. The molecule has 2 aromatic rings. The average molecular weight is 293 g/mol. The van der Waals surface area contributed by atoms with E-state index in [-0.39, 0.29) is 17.6 Å². The van der Waals surface area contributed by atoms with Gasteiger partial charge in [0.15, 0.2) is 11.6 Å². The molecule has 0 aliphatic carbocycles. The monoisotopic (exact) mass is 293 g/mol. The largest absolute Gasteiger partial charge is 0.494 e. The molecule has 0 spiro atoms. The van der Waals surface area contributed by atoms with Crippen molar-refractivity contribution in [2.45, 2.75) is 26.3 Å². The fourth-order valence-electron chi connectivity index (χ4n) is 2.19. The molecule has 1 N–H and O–H groups in total. The van der Waals surface area contributed by atoms with Crippen LogP contribution in [0, 0.1) is 19.7 Å². The van der Waals surface area contributed by atoms with Gasteiger partial charge in [-0.25, -0.2) is 4.39 Å². The maximum atomic E-state index is 13.7. The van der Waals surface area contributed by atoms with Gasteiger partial charge >= 0.3 is 0 Å². The molecule has 0 fully saturated rings. The molecule has 108 valence electrons. The lowest BCUT2D eigenvalue weighted by Gasteiger charge is -2.15. The molecule has 1 aromatic heterocycles. The van der Waals surface area contributed by atoms with Gasteiger partial charge in [-0.05, 0) is 56.6 Å². The van der Waals surface area contributed by atoms with Crippen molar-refractivity contribution >= 4 is 11.3 Å². The normalized spacial score (nSPS) is 12.4. The van der Waals surface area contributed by atoms with Crippen LogP contribution in [0.15, 0.2) is 24.3 Å². The molecule has 1 aromatic carbocycles. The van der Waals surface area contributed by atoms with Gasteiger partial charge in [-0.2, -0.15) is 0 Å². The Morgan fingerprint density at radius 3 is 2.55 bits per heavy atom. The lowest BCUT2D eigenvalue weighted by Crippen LogP contribution is -2.17. The Labute approximate surface area is 123 Å². The zero-order valence-corrected chi connectivity index (χ0v) is 13.1. The molecule has 1 unspecified atom stereocenters. The third kappa shape index (κ3) is 3.19. The van der Waals surface area contributed by atoms with Gasteiger partial charge in [-0.1, -0.05) is 6.07 Å². The number of benzene rings is 1. The highest BCUT2D eigenvalue weighted by atomic mass is 32.1. The second-order valence-electron chi connectivity index (χ2n) is 4.90. The summed E-state index contributed by atoms with van der Waals surface area (Å²) in [6, 6.07) is 7.57. The van der Waals surface area contributed by atoms with E-state index in [0.29, 0.717) is 0 Å². The molecule has 2 rings (SSSR count). The fraction of sp³-hybridized carbons (Fsp3) is 0.375. The maximum absolute atomic E-state index is 13.7. The van der Waals surface area contributed by atoms with Gasteiger partial charge in [-0.3, -0.25) is 0 Å². The van der Waals surface area contributed by atoms with Crippen LogP contribution in [0.1, 0.15) is 26.9 Å². The predicted octanol–water partition coefficient (Wildman–Crippen LogP) is 4.02. The number of ether oxygens (including phenoxy) is 1. The molecule has 0 radical (unpaired) electrons. The number of hydrogen-bond donors (Lipinski definition) is 1. The van der Waals surface area contributed by atoms with Crippen molar-refractivity contribution in [2.24, 2.45) is 0 Å². The fourth-order valence-corrected chi connectivity index (χ4v) is 3.34. The number of hydrogen-bond acceptors (Lipinski definition) is 3. The van der Waals surface area contributed by atoms with Crippen LogP contribution in [-0.2, 0) is 6.42 Å². The number of methoxy groups -OCH3 is 1. The smallest absolute Gasteiger partial charge is 0.165 e. The van der Waals surface area contributed by atoms with E-state index >= 15 is 0 Å². The van der Waals surface area contributed by atoms with Crippen molar-refractivity contribution in [1.29, 1.82) is 0 Å². The minimum atomic E-state index is -0.307. The van der Waals surface area contributed by atoms with E-state index in [9.17, 15) is 4.39 Å². The molecule has 0 saturated heterocycles. The summed E-state index contributed by atoms with van der Waals surface area (Å²) in [5.74, 6) is -0.0176. The van der Waals surface area contributed by atoms with Crippen LogP contribution in [0.3, 0.4) is 0 Å². The number of rotatable bonds is 5. The third-order valence-corrected chi connectivity index (χ3v) is 4.80. The molecule has 1 atom stereocenters. The third-order valence-electron chi connectivity index (χ3n) is 3.53. The molecule has 0 bridgehead atoms. The van der Waals surface area contributed by atoms with Crippen LogP contribution in [0.4, 0.5) is 4.39 Å². The molecule has 0 aliphatic rings. The highest BCUT2D eigenvalue weighted by molar-refractivity contribution is 7.12. The Morgan fingerprint density at radius 2 is 2.05 bits per heavy atom. The first-order valence-corrected chi connectivity index (χ1v) is 7.43. The number of likely N-dealkylation sites (N-methyl/N-ethyl adjacent to an activating group) is 1. The molecule has 0 saturated carbocycles. The molecule has 20 heavy (non-hydrogen) atoms. The van der Waals surface area contributed by atoms with Crippen molar-refractivity contribution in [3.63, 3.8) is 0 Å². The van der Waals surface area contributed by atoms with E-state index < -0.39 is 0 Å². The van der Waals surface area contributed by atoms with Gasteiger partial charge in [0.2, 0.25) is 0 Å². The Morgan fingerprint density at radius 1 is 1.30 bits per heavy atom. The highest BCUT2D eigenvalue weighted by Crippen LogP contribution is 2.29. The van der Waals surface area contributed by atoms with Gasteiger partial charge in [0.05, 0.1) is 7.11 Å². The summed E-state index contributed by atoms with van der Waals surface area (Å²) in [6.07, 6.45) is 0.761. The minimum Gasteiger partial charge on any atom is -0.494 e. The Kier molecular flexibility index (Phi) is 4.78. The minimum absolute atomic E-state index is 0.209. The lowest BCUT2D eigenvalue weighted by molar-refractivity contribution is 0.386. The molecule has 1 heterocycles. The van der Waals surface area contributed by atoms with Crippen LogP contribution < -0.4 is 10.1 Å². The summed E-state index contributed by atoms with van der Waals surface area (Å²) in [7, 11) is 3.42. The highest BCUT2D eigenvalue weighted by Gasteiger charge is 2.15. The Bertz CT molecular complexity index is 575. The maximum Gasteiger partial charge on any atom is 0.165 e. The van der Waals surface area contributed by atoms with Crippen LogP contribution in [0.5, 0.6) is 5.75 Å². The van der Waals surface area contributed by atoms with E-state index in [0.717, 1.165) is 12.0 Å². The quantitative estimate of drug-likeness (QED) is 0.899. The Balaban J connectivity index is 2.20. The van der Waals surface area contributed by atoms with Crippen molar-refractivity contribution in [3.05, 3.63) is 51.0 Å². The standard InChI is InChI=1S/C16H20FNOS/c1-10-7-16(20-11(10)2)14(18-3)9-12-5-6-15(19-4)13(17)8-12/h5-8,14,18H,9H2,1-4H3. The molecule has 2 nitrogen and oxygen atoms in total. The first-order valence-electron chi connectivity index (χ1n) is 6.61. The van der Waals surface area contributed by atoms with Crippen LogP contribution in [-0.4, -0.2) is 14.2 Å². The van der Waals surface area contributed by atoms with Gasteiger partial charge in [-0.15, -0.1) is 11.3 Å². The lowest BCUT2D eigenvalue weighted by atomic mass is 10.0. The molecule has 4 heteroatoms. The topological polar surface area (TPSA) is 21.3 Å². The second kappa shape index (κ2) is 6.37. The molecule has 0 aliphatic heterocycles. The second-order valence-corrected chi connectivity index (χ2v) is 6.19. The van der Waals surface area contributed by atoms with Crippen LogP contribution in [0.25, 0.3) is 0 Å². The zero-order chi connectivity index (χ0) is 14.7. The first kappa shape index (κ1) is 15.0. The van der Waals surface area contributed by atoms with Crippen LogP contribution in [0.2, 0.25) is 0 Å². The summed E-state index contributed by atoms with van der Waals surface area (Å²) < 4.78 is 18.7. The SMILES string of the molecule is CNC(Cc1ccc(OC)c(F)c1)c1cc(C)c(C)s1. The molecular formula is C16H20FNOS. The van der Waals surface area contributed by atoms with E-state index in [4.69, 9.17) is 4.74 Å². The van der Waals surface area contributed by atoms with Gasteiger partial charge in [0, 0.05) is 15.8 Å². The first-order chi connectivity index (χ1) is 9.55. The zero-order valence-electron chi connectivity index (χ0n) is 12.3. The van der Waals surface area contributed by atoms with Crippen molar-refractivity contribution in [3.8, 4) is 5.75 Å². The average Bonchev–Trinajstić information content (AvgIpc) is 2.76. The van der Waals surface area contributed by atoms with Gasteiger partial charge in [0.1, 0.15) is 0 Å². The van der Waals surface area contributed by atoms with Gasteiger partial charge in [0.25, 0.3) is 0 Å². The van der Waals surface area contributed by atoms with Crippen molar-refractivity contribution < 1.29 is 9.13 Å². The summed E-state index contributed by atoms with van der Waals surface area (Å²) in [5.41, 5.74) is 2.28. The molecule has 0 amide bonds. The number of thiophene rings is 1. The predicted molar refractivity (Wildman–Crippen MR) is 82.2 cm³/mol. The van der Waals surface area contributed by atoms with E-state index in [2.05, 4.69) is 25.2 Å². The van der Waals surface area contributed by atoms with Gasteiger partial charge < -0.3 is 10.1 Å². The Hall–Kier alpha value is -1.39. The van der Waals surface area contributed by atoms with Crippen molar-refractivity contribution in [2.75, 3.05) is 14.2 Å². The summed E-state index contributed by atoms with van der Waals surface area (Å²) in [4.78, 5) is 2.62. The number of nitrogens with one attached hydrogen (secondary N) is 1. The van der Waals surface area contributed by atoms with E-state index in [1.54, 1.807) is 23.5 Å². The molecular weight excluding hydrogens is 273 g/mol. The van der Waals surface area contributed by atoms with E-state index in [1.807, 2.05) is 13.1 Å². The summed E-state index contributed by atoms with van der Waals surface area (Å²) in [5, 5.41) is 3.31. The van der Waals surface area contributed by atoms with Crippen molar-refractivity contribution in [1.82, 2.24) is 5.32 Å². The number of aryl methyl sites for hydroxylation is 2. The van der Waals surface area contributed by atoms with E-state index in [1.165, 1.54) is 22.4 Å².